The van der Waals surface area contributed by atoms with Crippen molar-refractivity contribution < 1.29 is 14.1 Å². The normalized spacial score (nSPS) is 16.0. The Morgan fingerprint density at radius 2 is 1.94 bits per heavy atom. The van der Waals surface area contributed by atoms with Crippen molar-refractivity contribution in [2.24, 2.45) is 5.92 Å². The number of rotatable bonds is 8. The number of Topliss-reactive ketones (excluding diaryl/α,β-unsaturated/α-hetero) is 1. The van der Waals surface area contributed by atoms with Crippen LogP contribution in [0, 0.1) is 5.92 Å². The smallest absolute Gasteiger partial charge is 0.230 e. The van der Waals surface area contributed by atoms with Gasteiger partial charge in [-0.2, -0.15) is 4.98 Å². The second-order valence-corrected chi connectivity index (χ2v) is 9.48. The van der Waals surface area contributed by atoms with Crippen molar-refractivity contribution in [1.29, 1.82) is 0 Å². The van der Waals surface area contributed by atoms with Gasteiger partial charge < -0.3 is 18.7 Å². The van der Waals surface area contributed by atoms with Gasteiger partial charge in [-0.15, -0.1) is 0 Å². The van der Waals surface area contributed by atoms with Gasteiger partial charge in [0.2, 0.25) is 11.7 Å². The zero-order valence-corrected chi connectivity index (χ0v) is 20.5. The number of carbonyl (C=O) groups excluding carboxylic acids is 1. The van der Waals surface area contributed by atoms with E-state index in [1.807, 2.05) is 36.5 Å². The molecule has 35 heavy (non-hydrogen) atoms. The number of aromatic nitrogens is 4. The number of carbonyl (C=O) groups is 1. The predicted octanol–water partition coefficient (Wildman–Crippen LogP) is 4.81. The van der Waals surface area contributed by atoms with Crippen LogP contribution in [0.5, 0.6) is 5.75 Å². The number of piperidine rings is 1. The van der Waals surface area contributed by atoms with Crippen LogP contribution in [0.2, 0.25) is 0 Å². The second kappa shape index (κ2) is 10.00. The molecule has 1 aliphatic heterocycles. The van der Waals surface area contributed by atoms with Crippen molar-refractivity contribution in [3.63, 3.8) is 0 Å². The first-order valence-corrected chi connectivity index (χ1v) is 12.2. The monoisotopic (exact) mass is 473 g/mol. The third-order valence-electron chi connectivity index (χ3n) is 6.86. The molecule has 1 fully saturated rings. The number of nitrogens with zero attached hydrogens (tertiary/aromatic N) is 5. The van der Waals surface area contributed by atoms with Crippen molar-refractivity contribution in [2.45, 2.75) is 39.2 Å². The number of ketones is 1. The quantitative estimate of drug-likeness (QED) is 0.339. The summed E-state index contributed by atoms with van der Waals surface area (Å²) in [7, 11) is 1.68. The van der Waals surface area contributed by atoms with Gasteiger partial charge in [-0.05, 0) is 57.0 Å². The second-order valence-electron chi connectivity index (χ2n) is 9.48. The summed E-state index contributed by atoms with van der Waals surface area (Å²) in [4.78, 5) is 23.4. The lowest BCUT2D eigenvalue weighted by Gasteiger charge is -2.32. The molecule has 0 radical (unpaired) electrons. The predicted molar refractivity (Wildman–Crippen MR) is 134 cm³/mol. The van der Waals surface area contributed by atoms with Crippen molar-refractivity contribution in [3.05, 3.63) is 60.4 Å². The van der Waals surface area contributed by atoms with Crippen molar-refractivity contribution >= 4 is 16.7 Å². The molecule has 0 spiro atoms. The first-order chi connectivity index (χ1) is 17.0. The van der Waals surface area contributed by atoms with Gasteiger partial charge in [-0.1, -0.05) is 24.2 Å². The third-order valence-corrected chi connectivity index (χ3v) is 6.86. The molecule has 3 aromatic heterocycles. The number of likely N-dealkylation sites (tertiary alicyclic amines) is 1. The van der Waals surface area contributed by atoms with E-state index in [9.17, 15) is 4.79 Å². The molecular formula is C27H31N5O3. The molecule has 1 unspecified atom stereocenters. The Kier molecular flexibility index (Phi) is 6.63. The summed E-state index contributed by atoms with van der Waals surface area (Å²) < 4.78 is 13.4. The summed E-state index contributed by atoms with van der Waals surface area (Å²) in [6.45, 7) is 7.69. The minimum absolute atomic E-state index is 0.0739. The number of benzene rings is 1. The highest BCUT2D eigenvalue weighted by atomic mass is 16.5. The standard InChI is InChI=1S/C27H31N5O3/c1-18(16-32-17-23(19(2)33)22-5-4-6-24(34-3)25(22)32)15-31-13-9-21(10-14-31)27-29-26(30-35-27)20-7-11-28-12-8-20/h4-8,11-12,17-18,21H,9-10,13-16H2,1-3H3. The summed E-state index contributed by atoms with van der Waals surface area (Å²) >= 11 is 0. The molecule has 1 aliphatic rings. The molecule has 1 saturated heterocycles. The highest BCUT2D eigenvalue weighted by Crippen LogP contribution is 2.32. The van der Waals surface area contributed by atoms with E-state index < -0.39 is 0 Å². The van der Waals surface area contributed by atoms with Gasteiger partial charge >= 0.3 is 0 Å². The molecule has 0 N–H and O–H groups in total. The number of para-hydroxylation sites is 1. The Morgan fingerprint density at radius 3 is 2.66 bits per heavy atom. The Hall–Kier alpha value is -3.52. The minimum atomic E-state index is 0.0739. The van der Waals surface area contributed by atoms with Gasteiger partial charge in [0, 0.05) is 54.1 Å². The van der Waals surface area contributed by atoms with Crippen LogP contribution in [0.25, 0.3) is 22.3 Å². The summed E-state index contributed by atoms with van der Waals surface area (Å²) in [6.07, 6.45) is 7.45. The number of hydrogen-bond donors (Lipinski definition) is 0. The third kappa shape index (κ3) is 4.84. The zero-order valence-electron chi connectivity index (χ0n) is 20.5. The molecule has 5 rings (SSSR count). The van der Waals surface area contributed by atoms with Gasteiger partial charge in [0.05, 0.1) is 12.6 Å². The van der Waals surface area contributed by atoms with Gasteiger partial charge in [0.15, 0.2) is 5.78 Å². The van der Waals surface area contributed by atoms with E-state index in [2.05, 4.69) is 31.5 Å². The summed E-state index contributed by atoms with van der Waals surface area (Å²) in [5.41, 5.74) is 2.66. The average molecular weight is 474 g/mol. The lowest BCUT2D eigenvalue weighted by Crippen LogP contribution is -2.37. The molecule has 1 aromatic carbocycles. The van der Waals surface area contributed by atoms with E-state index in [4.69, 9.17) is 9.26 Å². The zero-order chi connectivity index (χ0) is 24.4. The van der Waals surface area contributed by atoms with E-state index in [0.717, 1.165) is 72.7 Å². The first kappa shape index (κ1) is 23.2. The molecular weight excluding hydrogens is 442 g/mol. The number of hydrogen-bond acceptors (Lipinski definition) is 7. The van der Waals surface area contributed by atoms with Gasteiger partial charge in [-0.3, -0.25) is 9.78 Å². The van der Waals surface area contributed by atoms with Crippen LogP contribution in [0.3, 0.4) is 0 Å². The van der Waals surface area contributed by atoms with E-state index in [-0.39, 0.29) is 5.78 Å². The van der Waals surface area contributed by atoms with Gasteiger partial charge in [0.25, 0.3) is 0 Å². The number of pyridine rings is 1. The Labute approximate surface area is 204 Å². The highest BCUT2D eigenvalue weighted by Gasteiger charge is 2.26. The van der Waals surface area contributed by atoms with Crippen molar-refractivity contribution in [2.75, 3.05) is 26.7 Å². The van der Waals surface area contributed by atoms with E-state index in [1.54, 1.807) is 26.4 Å². The van der Waals surface area contributed by atoms with Crippen LogP contribution in [-0.2, 0) is 6.54 Å². The van der Waals surface area contributed by atoms with Crippen LogP contribution in [0.15, 0.2) is 53.4 Å². The molecule has 4 aromatic rings. The molecule has 0 bridgehead atoms. The average Bonchev–Trinajstić information content (AvgIpc) is 3.51. The fraction of sp³-hybridized carbons (Fsp3) is 0.407. The minimum Gasteiger partial charge on any atom is -0.495 e. The topological polar surface area (TPSA) is 86.3 Å². The lowest BCUT2D eigenvalue weighted by molar-refractivity contribution is 0.101. The van der Waals surface area contributed by atoms with Gasteiger partial charge in [-0.25, -0.2) is 0 Å². The molecule has 182 valence electrons. The maximum Gasteiger partial charge on any atom is 0.230 e. The molecule has 8 nitrogen and oxygen atoms in total. The number of fused-ring (bicyclic) bond motifs is 1. The molecule has 0 aliphatic carbocycles. The highest BCUT2D eigenvalue weighted by molar-refractivity contribution is 6.08. The molecule has 0 amide bonds. The van der Waals surface area contributed by atoms with Crippen LogP contribution in [0.1, 0.15) is 48.9 Å². The molecule has 1 atom stereocenters. The fourth-order valence-corrected chi connectivity index (χ4v) is 5.13. The summed E-state index contributed by atoms with van der Waals surface area (Å²) in [5, 5.41) is 5.12. The van der Waals surface area contributed by atoms with Crippen molar-refractivity contribution in [3.8, 4) is 17.1 Å². The SMILES string of the molecule is COc1cccc2c(C(C)=O)cn(CC(C)CN3CCC(c4nc(-c5ccncc5)no4)CC3)c12. The molecule has 8 heteroatoms. The van der Waals surface area contributed by atoms with Crippen LogP contribution >= 0.6 is 0 Å². The largest absolute Gasteiger partial charge is 0.495 e. The van der Waals surface area contributed by atoms with Crippen LogP contribution in [-0.4, -0.2) is 57.1 Å². The van der Waals surface area contributed by atoms with Gasteiger partial charge in [0.1, 0.15) is 5.75 Å². The Bertz CT molecular complexity index is 1310. The van der Waals surface area contributed by atoms with E-state index in [0.29, 0.717) is 17.7 Å². The fourth-order valence-electron chi connectivity index (χ4n) is 5.13. The number of methoxy groups -OCH3 is 1. The van der Waals surface area contributed by atoms with Crippen molar-refractivity contribution in [1.82, 2.24) is 24.6 Å². The van der Waals surface area contributed by atoms with E-state index >= 15 is 0 Å². The molecule has 0 saturated carbocycles. The molecule has 4 heterocycles. The Balaban J connectivity index is 1.21. The maximum atomic E-state index is 12.2. The maximum absolute atomic E-state index is 12.2. The van der Waals surface area contributed by atoms with Crippen LogP contribution < -0.4 is 4.74 Å². The number of ether oxygens (including phenoxy) is 1. The Morgan fingerprint density at radius 1 is 1.17 bits per heavy atom. The first-order valence-electron chi connectivity index (χ1n) is 12.2. The summed E-state index contributed by atoms with van der Waals surface area (Å²) in [5.74, 6) is 2.93. The lowest BCUT2D eigenvalue weighted by atomic mass is 9.96. The van der Waals surface area contributed by atoms with E-state index in [1.165, 1.54) is 0 Å². The summed E-state index contributed by atoms with van der Waals surface area (Å²) in [6, 6.07) is 9.67. The van der Waals surface area contributed by atoms with Crippen LogP contribution in [0.4, 0.5) is 0 Å².